The van der Waals surface area contributed by atoms with Crippen LogP contribution in [0.1, 0.15) is 27.7 Å². The van der Waals surface area contributed by atoms with Gasteiger partial charge in [-0.2, -0.15) is 5.10 Å². The molecule has 0 aliphatic carbocycles. The van der Waals surface area contributed by atoms with Crippen LogP contribution in [0.25, 0.3) is 11.0 Å². The Labute approximate surface area is 145 Å². The molecule has 7 nitrogen and oxygen atoms in total. The van der Waals surface area contributed by atoms with E-state index in [9.17, 15) is 4.79 Å². The van der Waals surface area contributed by atoms with E-state index in [0.717, 1.165) is 35.4 Å². The highest BCUT2D eigenvalue weighted by Gasteiger charge is 2.29. The molecular weight excluding hydrogens is 316 g/mol. The van der Waals surface area contributed by atoms with E-state index in [-0.39, 0.29) is 11.9 Å². The average Bonchev–Trinajstić information content (AvgIpc) is 2.95. The minimum atomic E-state index is -0.0272. The number of aryl methyl sites for hydroxylation is 2. The number of aromatic nitrogens is 4. The van der Waals surface area contributed by atoms with Gasteiger partial charge in [0.05, 0.1) is 17.3 Å². The summed E-state index contributed by atoms with van der Waals surface area (Å²) in [6, 6.07) is 5.78. The molecule has 4 rings (SSSR count). The van der Waals surface area contributed by atoms with Crippen molar-refractivity contribution in [3.63, 3.8) is 0 Å². The van der Waals surface area contributed by atoms with Gasteiger partial charge < -0.3 is 10.2 Å². The number of carbonyl (C=O) groups excluding carboxylic acids is 1. The van der Waals surface area contributed by atoms with Crippen LogP contribution in [0.5, 0.6) is 0 Å². The molecule has 3 aromatic heterocycles. The molecule has 1 aliphatic heterocycles. The van der Waals surface area contributed by atoms with Gasteiger partial charge in [-0.1, -0.05) is 6.07 Å². The van der Waals surface area contributed by atoms with Crippen molar-refractivity contribution in [2.24, 2.45) is 7.05 Å². The number of carbonyl (C=O) groups is 1. The Bertz CT molecular complexity index is 920. The van der Waals surface area contributed by atoms with E-state index >= 15 is 0 Å². The topological polar surface area (TPSA) is 75.9 Å². The van der Waals surface area contributed by atoms with Crippen LogP contribution in [0.4, 0.5) is 0 Å². The van der Waals surface area contributed by atoms with Crippen molar-refractivity contribution in [3.8, 4) is 0 Å². The first-order valence-corrected chi connectivity index (χ1v) is 8.36. The van der Waals surface area contributed by atoms with Crippen molar-refractivity contribution in [1.29, 1.82) is 0 Å². The van der Waals surface area contributed by atoms with Gasteiger partial charge in [-0.15, -0.1) is 0 Å². The molecule has 25 heavy (non-hydrogen) atoms. The normalized spacial score (nSPS) is 17.8. The molecule has 0 radical (unpaired) electrons. The highest BCUT2D eigenvalue weighted by Crippen LogP contribution is 2.25. The van der Waals surface area contributed by atoms with Gasteiger partial charge >= 0.3 is 0 Å². The van der Waals surface area contributed by atoms with Crippen LogP contribution < -0.4 is 5.32 Å². The maximum absolute atomic E-state index is 13.2. The molecule has 0 bridgehead atoms. The molecule has 1 fully saturated rings. The van der Waals surface area contributed by atoms with Crippen LogP contribution in [0.3, 0.4) is 0 Å². The molecule has 1 atom stereocenters. The first-order chi connectivity index (χ1) is 12.1. The maximum Gasteiger partial charge on any atom is 0.256 e. The van der Waals surface area contributed by atoms with Gasteiger partial charge in [0.2, 0.25) is 0 Å². The van der Waals surface area contributed by atoms with E-state index in [1.165, 1.54) is 0 Å². The van der Waals surface area contributed by atoms with Crippen molar-refractivity contribution in [2.75, 3.05) is 19.6 Å². The SMILES string of the molecule is Cc1nn(C)c2ncc(C(=O)N3CCNCC3c3cccnc3)cc12. The van der Waals surface area contributed by atoms with Crippen LogP contribution in [0.15, 0.2) is 36.8 Å². The monoisotopic (exact) mass is 336 g/mol. The van der Waals surface area contributed by atoms with E-state index in [0.29, 0.717) is 12.1 Å². The Kier molecular flexibility index (Phi) is 3.93. The van der Waals surface area contributed by atoms with E-state index in [1.54, 1.807) is 17.1 Å². The minimum Gasteiger partial charge on any atom is -0.329 e. The van der Waals surface area contributed by atoms with Gasteiger partial charge in [-0.3, -0.25) is 14.5 Å². The summed E-state index contributed by atoms with van der Waals surface area (Å²) in [5, 5.41) is 8.66. The molecule has 0 aromatic carbocycles. The first kappa shape index (κ1) is 15.7. The largest absolute Gasteiger partial charge is 0.329 e. The van der Waals surface area contributed by atoms with Crippen LogP contribution in [0.2, 0.25) is 0 Å². The number of nitrogens with one attached hydrogen (secondary N) is 1. The standard InChI is InChI=1S/C18H20N6O/c1-12-15-8-14(10-21-17(15)23(2)22-12)18(25)24-7-6-20-11-16(24)13-4-3-5-19-9-13/h3-5,8-10,16,20H,6-7,11H2,1-2H3. The van der Waals surface area contributed by atoms with Crippen LogP contribution >= 0.6 is 0 Å². The highest BCUT2D eigenvalue weighted by molar-refractivity contribution is 5.97. The lowest BCUT2D eigenvalue weighted by atomic mass is 10.0. The Morgan fingerprint density at radius 2 is 2.24 bits per heavy atom. The predicted molar refractivity (Wildman–Crippen MR) is 94.1 cm³/mol. The third-order valence-electron chi connectivity index (χ3n) is 4.68. The van der Waals surface area contributed by atoms with Gasteiger partial charge in [-0.05, 0) is 24.6 Å². The summed E-state index contributed by atoms with van der Waals surface area (Å²) in [6.45, 7) is 4.09. The lowest BCUT2D eigenvalue weighted by Gasteiger charge is -2.36. The number of rotatable bonds is 2. The summed E-state index contributed by atoms with van der Waals surface area (Å²) in [7, 11) is 1.86. The summed E-state index contributed by atoms with van der Waals surface area (Å²) in [5.41, 5.74) is 3.30. The van der Waals surface area contributed by atoms with E-state index in [2.05, 4.69) is 20.4 Å². The summed E-state index contributed by atoms with van der Waals surface area (Å²) in [5.74, 6) is -0.00648. The zero-order chi connectivity index (χ0) is 17.4. The maximum atomic E-state index is 13.2. The first-order valence-electron chi connectivity index (χ1n) is 8.36. The third kappa shape index (κ3) is 2.76. The molecule has 1 N–H and O–H groups in total. The van der Waals surface area contributed by atoms with Gasteiger partial charge in [0.15, 0.2) is 5.65 Å². The number of nitrogens with zero attached hydrogens (tertiary/aromatic N) is 5. The number of hydrogen-bond donors (Lipinski definition) is 1. The summed E-state index contributed by atoms with van der Waals surface area (Å²) >= 11 is 0. The summed E-state index contributed by atoms with van der Waals surface area (Å²) in [4.78, 5) is 23.7. The Morgan fingerprint density at radius 1 is 1.36 bits per heavy atom. The number of fused-ring (bicyclic) bond motifs is 1. The van der Waals surface area contributed by atoms with Crippen molar-refractivity contribution in [3.05, 3.63) is 53.6 Å². The molecule has 128 valence electrons. The van der Waals surface area contributed by atoms with Crippen LogP contribution in [0, 0.1) is 6.92 Å². The van der Waals surface area contributed by atoms with Crippen molar-refractivity contribution in [2.45, 2.75) is 13.0 Å². The van der Waals surface area contributed by atoms with Crippen LogP contribution in [-0.2, 0) is 7.05 Å². The molecular formula is C18H20N6O. The molecule has 1 unspecified atom stereocenters. The van der Waals surface area contributed by atoms with E-state index in [4.69, 9.17) is 0 Å². The smallest absolute Gasteiger partial charge is 0.256 e. The molecule has 1 aliphatic rings. The average molecular weight is 336 g/mol. The second-order valence-corrected chi connectivity index (χ2v) is 6.31. The second-order valence-electron chi connectivity index (χ2n) is 6.31. The zero-order valence-corrected chi connectivity index (χ0v) is 14.3. The fourth-order valence-electron chi connectivity index (χ4n) is 3.41. The molecule has 1 amide bonds. The van der Waals surface area contributed by atoms with Crippen molar-refractivity contribution >= 4 is 16.9 Å². The zero-order valence-electron chi connectivity index (χ0n) is 14.3. The lowest BCUT2D eigenvalue weighted by molar-refractivity contribution is 0.0634. The minimum absolute atomic E-state index is 0.00648. The van der Waals surface area contributed by atoms with Crippen LogP contribution in [-0.4, -0.2) is 50.2 Å². The molecule has 7 heteroatoms. The highest BCUT2D eigenvalue weighted by atomic mass is 16.2. The molecule has 1 saturated heterocycles. The number of hydrogen-bond acceptors (Lipinski definition) is 5. The lowest BCUT2D eigenvalue weighted by Crippen LogP contribution is -2.48. The van der Waals surface area contributed by atoms with Gasteiger partial charge in [-0.25, -0.2) is 4.98 Å². The summed E-state index contributed by atoms with van der Waals surface area (Å²) < 4.78 is 1.74. The molecule has 3 aromatic rings. The Morgan fingerprint density at radius 3 is 3.04 bits per heavy atom. The number of piperazine rings is 1. The van der Waals surface area contributed by atoms with Gasteiger partial charge in [0, 0.05) is 50.7 Å². The predicted octanol–water partition coefficient (Wildman–Crippen LogP) is 1.46. The van der Waals surface area contributed by atoms with Gasteiger partial charge in [0.25, 0.3) is 5.91 Å². The molecule has 0 saturated carbocycles. The fraction of sp³-hybridized carbons (Fsp3) is 0.333. The van der Waals surface area contributed by atoms with Crippen molar-refractivity contribution < 1.29 is 4.79 Å². The van der Waals surface area contributed by atoms with E-state index < -0.39 is 0 Å². The quantitative estimate of drug-likeness (QED) is 0.767. The fourth-order valence-corrected chi connectivity index (χ4v) is 3.41. The molecule has 0 spiro atoms. The van der Waals surface area contributed by atoms with Crippen molar-refractivity contribution in [1.82, 2.24) is 30.0 Å². The van der Waals surface area contributed by atoms with E-state index in [1.807, 2.05) is 43.3 Å². The number of amides is 1. The molecule has 4 heterocycles. The third-order valence-corrected chi connectivity index (χ3v) is 4.68. The summed E-state index contributed by atoms with van der Waals surface area (Å²) in [6.07, 6.45) is 5.22. The van der Waals surface area contributed by atoms with Gasteiger partial charge in [0.1, 0.15) is 0 Å². The number of pyridine rings is 2. The Hall–Kier alpha value is -2.80. The second kappa shape index (κ2) is 6.25. The Balaban J connectivity index is 1.70.